The predicted octanol–water partition coefficient (Wildman–Crippen LogP) is 0.792. The van der Waals surface area contributed by atoms with Crippen molar-refractivity contribution in [3.05, 3.63) is 18.7 Å². The third-order valence-electron chi connectivity index (χ3n) is 3.88. The predicted molar refractivity (Wildman–Crippen MR) is 80.8 cm³/mol. The molecule has 2 N–H and O–H groups in total. The molecule has 0 radical (unpaired) electrons. The first-order chi connectivity index (χ1) is 9.78. The van der Waals surface area contributed by atoms with E-state index in [4.69, 9.17) is 4.74 Å². The SMILES string of the molecule is CC1(OCC(=O)NC(Cn2ccnc2)C(C)(C)C)CNC1. The van der Waals surface area contributed by atoms with Crippen LogP contribution in [0.3, 0.4) is 0 Å². The number of nitrogens with zero attached hydrogens (tertiary/aromatic N) is 2. The summed E-state index contributed by atoms with van der Waals surface area (Å²) in [5.41, 5.74) is -0.235. The van der Waals surface area contributed by atoms with E-state index >= 15 is 0 Å². The number of carbonyl (C=O) groups excluding carboxylic acids is 1. The largest absolute Gasteiger partial charge is 0.363 e. The normalized spacial score (nSPS) is 18.9. The van der Waals surface area contributed by atoms with Crippen LogP contribution in [-0.2, 0) is 16.1 Å². The van der Waals surface area contributed by atoms with Gasteiger partial charge in [-0.25, -0.2) is 4.98 Å². The average Bonchev–Trinajstić information content (AvgIpc) is 2.85. The molecule has 21 heavy (non-hydrogen) atoms. The lowest BCUT2D eigenvalue weighted by atomic mass is 9.86. The summed E-state index contributed by atoms with van der Waals surface area (Å²) in [6, 6.07) is 0.0233. The first kappa shape index (κ1) is 16.0. The van der Waals surface area contributed by atoms with Crippen LogP contribution in [-0.4, -0.2) is 46.8 Å². The van der Waals surface area contributed by atoms with E-state index < -0.39 is 0 Å². The molecule has 0 aliphatic carbocycles. The summed E-state index contributed by atoms with van der Waals surface area (Å²) < 4.78 is 7.66. The lowest BCUT2D eigenvalue weighted by Crippen LogP contribution is -2.60. The Labute approximate surface area is 126 Å². The van der Waals surface area contributed by atoms with Gasteiger partial charge in [0.15, 0.2) is 0 Å². The van der Waals surface area contributed by atoms with Crippen molar-refractivity contribution in [2.45, 2.75) is 45.9 Å². The fraction of sp³-hybridized carbons (Fsp3) is 0.733. The minimum absolute atomic E-state index is 0.0233. The van der Waals surface area contributed by atoms with E-state index in [1.54, 1.807) is 12.5 Å². The zero-order valence-corrected chi connectivity index (χ0v) is 13.3. The maximum atomic E-state index is 12.1. The van der Waals surface area contributed by atoms with Crippen LogP contribution in [0.15, 0.2) is 18.7 Å². The van der Waals surface area contributed by atoms with Crippen LogP contribution in [0.2, 0.25) is 0 Å². The monoisotopic (exact) mass is 294 g/mol. The van der Waals surface area contributed by atoms with Crippen LogP contribution in [0.25, 0.3) is 0 Å². The van der Waals surface area contributed by atoms with E-state index in [9.17, 15) is 4.79 Å². The molecule has 1 aliphatic rings. The summed E-state index contributed by atoms with van der Waals surface area (Å²) in [7, 11) is 0. The molecule has 6 nitrogen and oxygen atoms in total. The molecule has 2 rings (SSSR count). The lowest BCUT2D eigenvalue weighted by molar-refractivity contribution is -0.137. The fourth-order valence-electron chi connectivity index (χ4n) is 2.20. The van der Waals surface area contributed by atoms with Crippen molar-refractivity contribution in [2.75, 3.05) is 19.7 Å². The maximum Gasteiger partial charge on any atom is 0.246 e. The zero-order valence-electron chi connectivity index (χ0n) is 13.3. The lowest BCUT2D eigenvalue weighted by Gasteiger charge is -2.39. The van der Waals surface area contributed by atoms with Gasteiger partial charge in [-0.15, -0.1) is 0 Å². The van der Waals surface area contributed by atoms with Gasteiger partial charge in [0.25, 0.3) is 0 Å². The molecule has 1 amide bonds. The number of carbonyl (C=O) groups is 1. The van der Waals surface area contributed by atoms with E-state index in [0.29, 0.717) is 6.54 Å². The smallest absolute Gasteiger partial charge is 0.246 e. The van der Waals surface area contributed by atoms with Gasteiger partial charge in [-0.1, -0.05) is 20.8 Å². The van der Waals surface area contributed by atoms with Gasteiger partial charge in [-0.05, 0) is 12.3 Å². The number of nitrogens with one attached hydrogen (secondary N) is 2. The molecule has 0 aromatic carbocycles. The molecule has 118 valence electrons. The number of hydrogen-bond acceptors (Lipinski definition) is 4. The fourth-order valence-corrected chi connectivity index (χ4v) is 2.20. The summed E-state index contributed by atoms with van der Waals surface area (Å²) in [6.45, 7) is 10.8. The molecule has 1 atom stereocenters. The number of aromatic nitrogens is 2. The molecule has 0 saturated carbocycles. The molecule has 1 fully saturated rings. The van der Waals surface area contributed by atoms with Crippen molar-refractivity contribution < 1.29 is 9.53 Å². The minimum Gasteiger partial charge on any atom is -0.363 e. The van der Waals surface area contributed by atoms with Crippen molar-refractivity contribution in [3.63, 3.8) is 0 Å². The zero-order chi connectivity index (χ0) is 15.5. The highest BCUT2D eigenvalue weighted by atomic mass is 16.5. The van der Waals surface area contributed by atoms with Crippen LogP contribution in [0.5, 0.6) is 0 Å². The maximum absolute atomic E-state index is 12.1. The third kappa shape index (κ3) is 4.54. The van der Waals surface area contributed by atoms with Crippen molar-refractivity contribution in [3.8, 4) is 0 Å². The molecule has 2 heterocycles. The second-order valence-electron chi connectivity index (χ2n) is 7.09. The summed E-state index contributed by atoms with van der Waals surface area (Å²) >= 11 is 0. The Morgan fingerprint density at radius 1 is 1.52 bits per heavy atom. The Morgan fingerprint density at radius 2 is 2.24 bits per heavy atom. The van der Waals surface area contributed by atoms with E-state index in [1.807, 2.05) is 17.7 Å². The molecule has 6 heteroatoms. The molecule has 0 spiro atoms. The van der Waals surface area contributed by atoms with Gasteiger partial charge in [0.1, 0.15) is 6.61 Å². The number of rotatable bonds is 6. The number of hydrogen-bond donors (Lipinski definition) is 2. The van der Waals surface area contributed by atoms with Crippen LogP contribution in [0.1, 0.15) is 27.7 Å². The van der Waals surface area contributed by atoms with E-state index in [1.165, 1.54) is 0 Å². The molecule has 1 unspecified atom stereocenters. The highest BCUT2D eigenvalue weighted by Crippen LogP contribution is 2.21. The van der Waals surface area contributed by atoms with Gasteiger partial charge >= 0.3 is 0 Å². The molecule has 0 bridgehead atoms. The van der Waals surface area contributed by atoms with Crippen molar-refractivity contribution in [2.24, 2.45) is 5.41 Å². The first-order valence-corrected chi connectivity index (χ1v) is 7.38. The van der Waals surface area contributed by atoms with Gasteiger partial charge in [-0.2, -0.15) is 0 Å². The van der Waals surface area contributed by atoms with Crippen molar-refractivity contribution in [1.29, 1.82) is 0 Å². The summed E-state index contributed by atoms with van der Waals surface area (Å²) in [5.74, 6) is -0.0665. The topological polar surface area (TPSA) is 68.2 Å². The Balaban J connectivity index is 1.87. The molecular formula is C15H26N4O2. The summed E-state index contributed by atoms with van der Waals surface area (Å²) in [5, 5.41) is 6.24. The second kappa shape index (κ2) is 6.15. The van der Waals surface area contributed by atoms with Crippen LogP contribution in [0, 0.1) is 5.41 Å². The van der Waals surface area contributed by atoms with E-state index in [0.717, 1.165) is 13.1 Å². The van der Waals surface area contributed by atoms with Crippen LogP contribution in [0.4, 0.5) is 0 Å². The Bertz CT molecular complexity index is 461. The molecule has 1 aromatic rings. The average molecular weight is 294 g/mol. The number of ether oxygens (including phenoxy) is 1. The van der Waals surface area contributed by atoms with E-state index in [2.05, 4.69) is 36.4 Å². The standard InChI is InChI=1S/C15H26N4O2/c1-14(2,3)12(7-19-6-5-16-11-19)18-13(20)8-21-15(4)9-17-10-15/h5-6,11-12,17H,7-10H2,1-4H3,(H,18,20). The number of amides is 1. The Morgan fingerprint density at radius 3 is 2.71 bits per heavy atom. The van der Waals surface area contributed by atoms with Gasteiger partial charge < -0.3 is 19.9 Å². The summed E-state index contributed by atoms with van der Waals surface area (Å²) in [6.07, 6.45) is 5.42. The van der Waals surface area contributed by atoms with Crippen LogP contribution >= 0.6 is 0 Å². The highest BCUT2D eigenvalue weighted by molar-refractivity contribution is 5.77. The quantitative estimate of drug-likeness (QED) is 0.814. The molecule has 1 saturated heterocycles. The minimum atomic E-state index is -0.196. The molecule has 1 aromatic heterocycles. The van der Waals surface area contributed by atoms with E-state index in [-0.39, 0.29) is 29.6 Å². The Hall–Kier alpha value is -1.40. The molecular weight excluding hydrogens is 268 g/mol. The Kier molecular flexibility index (Phi) is 4.68. The number of imidazole rings is 1. The van der Waals surface area contributed by atoms with Crippen LogP contribution < -0.4 is 10.6 Å². The van der Waals surface area contributed by atoms with Crippen molar-refractivity contribution >= 4 is 5.91 Å². The van der Waals surface area contributed by atoms with Crippen molar-refractivity contribution in [1.82, 2.24) is 20.2 Å². The summed E-state index contributed by atoms with van der Waals surface area (Å²) in [4.78, 5) is 16.2. The van der Waals surface area contributed by atoms with Gasteiger partial charge in [0.05, 0.1) is 18.0 Å². The second-order valence-corrected chi connectivity index (χ2v) is 7.09. The van der Waals surface area contributed by atoms with Gasteiger partial charge in [0.2, 0.25) is 5.91 Å². The van der Waals surface area contributed by atoms with Gasteiger partial charge in [0, 0.05) is 32.0 Å². The third-order valence-corrected chi connectivity index (χ3v) is 3.88. The first-order valence-electron chi connectivity index (χ1n) is 7.38. The highest BCUT2D eigenvalue weighted by Gasteiger charge is 2.33. The van der Waals surface area contributed by atoms with Gasteiger partial charge in [-0.3, -0.25) is 4.79 Å². The molecule has 1 aliphatic heterocycles.